The van der Waals surface area contributed by atoms with Crippen LogP contribution in [0.4, 0.5) is 5.69 Å². The van der Waals surface area contributed by atoms with Crippen molar-refractivity contribution >= 4 is 11.5 Å². The summed E-state index contributed by atoms with van der Waals surface area (Å²) >= 11 is 0. The zero-order valence-corrected chi connectivity index (χ0v) is 8.74. The molecule has 2 aromatic rings. The SMILES string of the molecule is O=C(c1ccc([N+](=O)[O-])cc1)c1ccccn1. The van der Waals surface area contributed by atoms with Crippen molar-refractivity contribution in [2.45, 2.75) is 0 Å². The van der Waals surface area contributed by atoms with E-state index in [1.807, 2.05) is 0 Å². The number of nitro benzene ring substituents is 1. The number of benzene rings is 1. The van der Waals surface area contributed by atoms with Crippen molar-refractivity contribution in [3.63, 3.8) is 0 Å². The summed E-state index contributed by atoms with van der Waals surface area (Å²) in [5.74, 6) is -0.250. The second-order valence-corrected chi connectivity index (χ2v) is 3.35. The molecule has 0 aliphatic heterocycles. The van der Waals surface area contributed by atoms with Crippen LogP contribution >= 0.6 is 0 Å². The minimum absolute atomic E-state index is 0.0393. The van der Waals surface area contributed by atoms with Crippen LogP contribution in [0.1, 0.15) is 16.1 Å². The molecule has 0 N–H and O–H groups in total. The summed E-state index contributed by atoms with van der Waals surface area (Å²) in [6.45, 7) is 0. The van der Waals surface area contributed by atoms with E-state index < -0.39 is 4.92 Å². The fraction of sp³-hybridized carbons (Fsp3) is 0. The van der Waals surface area contributed by atoms with Crippen molar-refractivity contribution in [2.75, 3.05) is 0 Å². The topological polar surface area (TPSA) is 73.1 Å². The first-order chi connectivity index (χ1) is 8.18. The van der Waals surface area contributed by atoms with Gasteiger partial charge < -0.3 is 0 Å². The van der Waals surface area contributed by atoms with Gasteiger partial charge in [0.15, 0.2) is 0 Å². The van der Waals surface area contributed by atoms with Crippen LogP contribution in [0.5, 0.6) is 0 Å². The minimum atomic E-state index is -0.505. The molecule has 0 radical (unpaired) electrons. The van der Waals surface area contributed by atoms with E-state index in [0.29, 0.717) is 11.3 Å². The third kappa shape index (κ3) is 2.34. The highest BCUT2D eigenvalue weighted by molar-refractivity contribution is 6.07. The summed E-state index contributed by atoms with van der Waals surface area (Å²) in [7, 11) is 0. The summed E-state index contributed by atoms with van der Waals surface area (Å²) in [5.41, 5.74) is 0.665. The monoisotopic (exact) mass is 228 g/mol. The first-order valence-electron chi connectivity index (χ1n) is 4.88. The van der Waals surface area contributed by atoms with Gasteiger partial charge in [-0.1, -0.05) is 6.07 Å². The number of carbonyl (C=O) groups is 1. The maximum Gasteiger partial charge on any atom is 0.269 e. The fourth-order valence-electron chi connectivity index (χ4n) is 1.38. The van der Waals surface area contributed by atoms with Crippen LogP contribution in [0.2, 0.25) is 0 Å². The smallest absolute Gasteiger partial charge is 0.269 e. The number of carbonyl (C=O) groups excluding carboxylic acids is 1. The Kier molecular flexibility index (Phi) is 2.91. The predicted molar refractivity (Wildman–Crippen MR) is 60.8 cm³/mol. The molecule has 0 unspecified atom stereocenters. The normalized spacial score (nSPS) is 9.88. The molecule has 0 saturated carbocycles. The van der Waals surface area contributed by atoms with Crippen molar-refractivity contribution in [1.29, 1.82) is 0 Å². The van der Waals surface area contributed by atoms with Gasteiger partial charge in [0, 0.05) is 23.9 Å². The molecular weight excluding hydrogens is 220 g/mol. The number of rotatable bonds is 3. The van der Waals surface area contributed by atoms with Crippen LogP contribution in [0, 0.1) is 10.1 Å². The van der Waals surface area contributed by atoms with Crippen molar-refractivity contribution in [3.8, 4) is 0 Å². The Bertz CT molecular complexity index is 550. The Balaban J connectivity index is 2.30. The van der Waals surface area contributed by atoms with Gasteiger partial charge in [-0.2, -0.15) is 0 Å². The zero-order valence-electron chi connectivity index (χ0n) is 8.74. The molecular formula is C12H8N2O3. The Morgan fingerprint density at radius 3 is 2.35 bits per heavy atom. The van der Waals surface area contributed by atoms with E-state index in [-0.39, 0.29) is 11.5 Å². The van der Waals surface area contributed by atoms with E-state index in [1.165, 1.54) is 30.5 Å². The van der Waals surface area contributed by atoms with Crippen LogP contribution in [-0.2, 0) is 0 Å². The van der Waals surface area contributed by atoms with Crippen molar-refractivity contribution in [1.82, 2.24) is 4.98 Å². The summed E-state index contributed by atoms with van der Waals surface area (Å²) in [4.78, 5) is 25.8. The maximum absolute atomic E-state index is 11.9. The van der Waals surface area contributed by atoms with Gasteiger partial charge in [0.2, 0.25) is 5.78 Å². The standard InChI is InChI=1S/C12H8N2O3/c15-12(11-3-1-2-8-13-11)9-4-6-10(7-5-9)14(16)17/h1-8H. The van der Waals surface area contributed by atoms with Crippen molar-refractivity contribution in [2.24, 2.45) is 0 Å². The predicted octanol–water partition coefficient (Wildman–Crippen LogP) is 2.22. The van der Waals surface area contributed by atoms with Crippen LogP contribution in [-0.4, -0.2) is 15.7 Å². The quantitative estimate of drug-likeness (QED) is 0.458. The summed E-state index contributed by atoms with van der Waals surface area (Å²) in [6.07, 6.45) is 1.53. The van der Waals surface area contributed by atoms with Crippen molar-refractivity contribution < 1.29 is 9.72 Å². The van der Waals surface area contributed by atoms with E-state index in [1.54, 1.807) is 18.2 Å². The molecule has 0 aliphatic carbocycles. The molecule has 17 heavy (non-hydrogen) atoms. The lowest BCUT2D eigenvalue weighted by Gasteiger charge is -1.99. The maximum atomic E-state index is 11.9. The minimum Gasteiger partial charge on any atom is -0.287 e. The Morgan fingerprint density at radius 1 is 1.12 bits per heavy atom. The van der Waals surface area contributed by atoms with Gasteiger partial charge in [0.1, 0.15) is 5.69 Å². The fourth-order valence-corrected chi connectivity index (χ4v) is 1.38. The molecule has 0 saturated heterocycles. The summed E-state index contributed by atoms with van der Waals surface area (Å²) in [6, 6.07) is 10.5. The van der Waals surface area contributed by atoms with Crippen LogP contribution < -0.4 is 0 Å². The Hall–Kier alpha value is -2.56. The number of hydrogen-bond donors (Lipinski definition) is 0. The number of aromatic nitrogens is 1. The molecule has 84 valence electrons. The van der Waals surface area contributed by atoms with Crippen LogP contribution in [0.3, 0.4) is 0 Å². The van der Waals surface area contributed by atoms with Gasteiger partial charge in [-0.15, -0.1) is 0 Å². The lowest BCUT2D eigenvalue weighted by molar-refractivity contribution is -0.384. The van der Waals surface area contributed by atoms with Crippen molar-refractivity contribution in [3.05, 3.63) is 70.0 Å². The largest absolute Gasteiger partial charge is 0.287 e. The zero-order chi connectivity index (χ0) is 12.3. The van der Waals surface area contributed by atoms with Gasteiger partial charge in [-0.3, -0.25) is 19.9 Å². The van der Waals surface area contributed by atoms with E-state index >= 15 is 0 Å². The molecule has 0 aliphatic rings. The van der Waals surface area contributed by atoms with Gasteiger partial charge >= 0.3 is 0 Å². The molecule has 1 heterocycles. The van der Waals surface area contributed by atoms with Crippen LogP contribution in [0.15, 0.2) is 48.7 Å². The molecule has 5 nitrogen and oxygen atoms in total. The Morgan fingerprint density at radius 2 is 1.82 bits per heavy atom. The number of hydrogen-bond acceptors (Lipinski definition) is 4. The van der Waals surface area contributed by atoms with E-state index in [9.17, 15) is 14.9 Å². The molecule has 0 fully saturated rings. The van der Waals surface area contributed by atoms with E-state index in [2.05, 4.69) is 4.98 Å². The highest BCUT2D eigenvalue weighted by Crippen LogP contribution is 2.14. The first kappa shape index (κ1) is 10.9. The Labute approximate surface area is 96.9 Å². The van der Waals surface area contributed by atoms with E-state index in [0.717, 1.165) is 0 Å². The lowest BCUT2D eigenvalue weighted by atomic mass is 10.1. The lowest BCUT2D eigenvalue weighted by Crippen LogP contribution is -2.03. The third-order valence-corrected chi connectivity index (χ3v) is 2.24. The van der Waals surface area contributed by atoms with Gasteiger partial charge in [-0.25, -0.2) is 0 Å². The molecule has 0 bridgehead atoms. The molecule has 0 atom stereocenters. The summed E-state index contributed by atoms with van der Waals surface area (Å²) < 4.78 is 0. The number of nitro groups is 1. The number of nitrogens with zero attached hydrogens (tertiary/aromatic N) is 2. The first-order valence-corrected chi connectivity index (χ1v) is 4.88. The highest BCUT2D eigenvalue weighted by Gasteiger charge is 2.11. The van der Waals surface area contributed by atoms with Gasteiger partial charge in [0.05, 0.1) is 4.92 Å². The molecule has 2 rings (SSSR count). The average molecular weight is 228 g/mol. The van der Waals surface area contributed by atoms with Crippen LogP contribution in [0.25, 0.3) is 0 Å². The average Bonchev–Trinajstić information content (AvgIpc) is 2.39. The number of pyridine rings is 1. The third-order valence-electron chi connectivity index (χ3n) is 2.24. The second-order valence-electron chi connectivity index (χ2n) is 3.35. The molecule has 1 aromatic carbocycles. The molecule has 0 spiro atoms. The number of non-ortho nitro benzene ring substituents is 1. The molecule has 5 heteroatoms. The van der Waals surface area contributed by atoms with Gasteiger partial charge in [-0.05, 0) is 24.3 Å². The highest BCUT2D eigenvalue weighted by atomic mass is 16.6. The van der Waals surface area contributed by atoms with Gasteiger partial charge in [0.25, 0.3) is 5.69 Å². The second kappa shape index (κ2) is 4.52. The molecule has 1 aromatic heterocycles. The molecule has 0 amide bonds. The number of ketones is 1. The van der Waals surface area contributed by atoms with E-state index in [4.69, 9.17) is 0 Å². The summed E-state index contributed by atoms with van der Waals surface area (Å²) in [5, 5.41) is 10.5.